The molecule has 128 valence electrons. The van der Waals surface area contributed by atoms with E-state index in [4.69, 9.17) is 0 Å². The first-order valence-corrected chi connectivity index (χ1v) is 8.88. The Balaban J connectivity index is 2.04. The predicted octanol–water partition coefficient (Wildman–Crippen LogP) is 0.609. The number of carbonyl (C=O) groups is 1. The molecule has 8 heteroatoms. The zero-order chi connectivity index (χ0) is 17.2. The van der Waals surface area contributed by atoms with Crippen LogP contribution in [0.15, 0.2) is 29.2 Å². The highest BCUT2D eigenvalue weighted by atomic mass is 32.2. The van der Waals surface area contributed by atoms with Crippen LogP contribution >= 0.6 is 0 Å². The van der Waals surface area contributed by atoms with Crippen LogP contribution in [0, 0.1) is 5.82 Å². The number of carbonyl (C=O) groups excluding carboxylic acids is 1. The van der Waals surface area contributed by atoms with E-state index in [2.05, 4.69) is 0 Å². The van der Waals surface area contributed by atoms with E-state index in [9.17, 15) is 17.6 Å². The van der Waals surface area contributed by atoms with Crippen molar-refractivity contribution < 1.29 is 17.6 Å². The summed E-state index contributed by atoms with van der Waals surface area (Å²) < 4.78 is 39.4. The molecule has 0 spiro atoms. The first-order chi connectivity index (χ1) is 10.7. The molecule has 0 aromatic heterocycles. The van der Waals surface area contributed by atoms with Crippen molar-refractivity contribution in [1.29, 1.82) is 0 Å². The van der Waals surface area contributed by atoms with Gasteiger partial charge in [-0.05, 0) is 31.2 Å². The van der Waals surface area contributed by atoms with Gasteiger partial charge < -0.3 is 4.90 Å². The number of hydrogen-bond donors (Lipinski definition) is 0. The lowest BCUT2D eigenvalue weighted by Crippen LogP contribution is -2.54. The minimum absolute atomic E-state index is 0.000147. The molecule has 1 aliphatic heterocycles. The number of likely N-dealkylation sites (N-methyl/N-ethyl adjacent to an activating group) is 1. The van der Waals surface area contributed by atoms with Crippen molar-refractivity contribution in [2.75, 3.05) is 40.3 Å². The summed E-state index contributed by atoms with van der Waals surface area (Å²) in [6.45, 7) is 3.42. The number of nitrogens with zero attached hydrogens (tertiary/aromatic N) is 3. The Kier molecular flexibility index (Phi) is 5.38. The molecule has 1 aromatic rings. The minimum Gasteiger partial charge on any atom is -0.347 e. The summed E-state index contributed by atoms with van der Waals surface area (Å²) in [5, 5.41) is 0. The molecule has 1 aromatic carbocycles. The maximum absolute atomic E-state index is 12.9. The first-order valence-electron chi connectivity index (χ1n) is 7.44. The summed E-state index contributed by atoms with van der Waals surface area (Å²) >= 11 is 0. The van der Waals surface area contributed by atoms with Gasteiger partial charge >= 0.3 is 0 Å². The van der Waals surface area contributed by atoms with E-state index in [1.54, 1.807) is 14.1 Å². The van der Waals surface area contributed by atoms with E-state index in [0.717, 1.165) is 12.1 Å². The standard InChI is InChI=1S/C15H22FN3O3S/c1-12(15(20)17(2)3)18-8-10-19(11-9-18)23(21,22)14-6-4-13(16)5-7-14/h4-7,12H,8-11H2,1-3H3/t12-/m0/s1. The molecule has 1 aliphatic rings. The molecular formula is C15H22FN3O3S. The van der Waals surface area contributed by atoms with E-state index in [-0.39, 0.29) is 16.8 Å². The summed E-state index contributed by atoms with van der Waals surface area (Å²) in [6, 6.07) is 4.55. The van der Waals surface area contributed by atoms with E-state index < -0.39 is 15.8 Å². The lowest BCUT2D eigenvalue weighted by Gasteiger charge is -2.37. The fraction of sp³-hybridized carbons (Fsp3) is 0.533. The quantitative estimate of drug-likeness (QED) is 0.804. The molecule has 0 radical (unpaired) electrons. The summed E-state index contributed by atoms with van der Waals surface area (Å²) in [7, 11) is -0.215. The topological polar surface area (TPSA) is 60.9 Å². The third-order valence-corrected chi connectivity index (χ3v) is 5.98. The maximum atomic E-state index is 12.9. The normalized spacial score (nSPS) is 18.6. The molecule has 0 unspecified atom stereocenters. The van der Waals surface area contributed by atoms with E-state index in [0.29, 0.717) is 26.2 Å². The highest BCUT2D eigenvalue weighted by Crippen LogP contribution is 2.19. The van der Waals surface area contributed by atoms with Crippen molar-refractivity contribution >= 4 is 15.9 Å². The number of halogens is 1. The second-order valence-corrected chi connectivity index (χ2v) is 7.74. The van der Waals surface area contributed by atoms with Crippen LogP contribution in [0.2, 0.25) is 0 Å². The Morgan fingerprint density at radius 1 is 1.13 bits per heavy atom. The van der Waals surface area contributed by atoms with Gasteiger partial charge in [-0.15, -0.1) is 0 Å². The predicted molar refractivity (Wildman–Crippen MR) is 84.9 cm³/mol. The zero-order valence-electron chi connectivity index (χ0n) is 13.6. The molecule has 1 heterocycles. The number of sulfonamides is 1. The van der Waals surface area contributed by atoms with Crippen LogP contribution in [0.25, 0.3) is 0 Å². The molecule has 1 amide bonds. The van der Waals surface area contributed by atoms with Gasteiger partial charge in [-0.3, -0.25) is 9.69 Å². The second-order valence-electron chi connectivity index (χ2n) is 5.80. The number of hydrogen-bond acceptors (Lipinski definition) is 4. The van der Waals surface area contributed by atoms with Crippen LogP contribution < -0.4 is 0 Å². The highest BCUT2D eigenvalue weighted by molar-refractivity contribution is 7.89. The molecule has 0 N–H and O–H groups in total. The van der Waals surface area contributed by atoms with Gasteiger partial charge in [0.25, 0.3) is 0 Å². The smallest absolute Gasteiger partial charge is 0.243 e. The molecule has 1 fully saturated rings. The molecule has 2 rings (SSSR count). The minimum atomic E-state index is -3.62. The van der Waals surface area contributed by atoms with Crippen molar-refractivity contribution in [3.63, 3.8) is 0 Å². The van der Waals surface area contributed by atoms with Gasteiger partial charge in [0.05, 0.1) is 10.9 Å². The fourth-order valence-corrected chi connectivity index (χ4v) is 4.04. The van der Waals surface area contributed by atoms with Gasteiger partial charge in [0.2, 0.25) is 15.9 Å². The van der Waals surface area contributed by atoms with E-state index in [1.165, 1.54) is 21.3 Å². The van der Waals surface area contributed by atoms with Gasteiger partial charge in [-0.1, -0.05) is 0 Å². The Bertz CT molecular complexity index is 653. The first kappa shape index (κ1) is 17.8. The Hall–Kier alpha value is -1.51. The van der Waals surface area contributed by atoms with E-state index >= 15 is 0 Å². The van der Waals surface area contributed by atoms with Crippen molar-refractivity contribution in [3.8, 4) is 0 Å². The third kappa shape index (κ3) is 3.88. The van der Waals surface area contributed by atoms with Crippen LogP contribution in [0.5, 0.6) is 0 Å². The molecule has 1 atom stereocenters. The van der Waals surface area contributed by atoms with Crippen LogP contribution in [-0.4, -0.2) is 74.7 Å². The number of benzene rings is 1. The zero-order valence-corrected chi connectivity index (χ0v) is 14.4. The van der Waals surface area contributed by atoms with Crippen molar-refractivity contribution in [2.24, 2.45) is 0 Å². The Morgan fingerprint density at radius 3 is 2.13 bits per heavy atom. The van der Waals surface area contributed by atoms with Crippen LogP contribution in [-0.2, 0) is 14.8 Å². The van der Waals surface area contributed by atoms with Crippen LogP contribution in [0.3, 0.4) is 0 Å². The molecule has 6 nitrogen and oxygen atoms in total. The summed E-state index contributed by atoms with van der Waals surface area (Å²) in [4.78, 5) is 15.6. The Morgan fingerprint density at radius 2 is 1.65 bits per heavy atom. The SMILES string of the molecule is C[C@@H](C(=O)N(C)C)N1CCN(S(=O)(=O)c2ccc(F)cc2)CC1. The molecular weight excluding hydrogens is 321 g/mol. The highest BCUT2D eigenvalue weighted by Gasteiger charge is 2.32. The Labute approximate surface area is 136 Å². The van der Waals surface area contributed by atoms with Crippen molar-refractivity contribution in [1.82, 2.24) is 14.1 Å². The molecule has 0 aliphatic carbocycles. The van der Waals surface area contributed by atoms with Crippen molar-refractivity contribution in [3.05, 3.63) is 30.1 Å². The molecule has 23 heavy (non-hydrogen) atoms. The van der Waals surface area contributed by atoms with Crippen LogP contribution in [0.1, 0.15) is 6.92 Å². The fourth-order valence-electron chi connectivity index (χ4n) is 2.62. The second kappa shape index (κ2) is 6.94. The monoisotopic (exact) mass is 343 g/mol. The molecule has 0 saturated carbocycles. The number of rotatable bonds is 4. The lowest BCUT2D eigenvalue weighted by molar-refractivity contribution is -0.134. The van der Waals surface area contributed by atoms with Gasteiger partial charge in [0.15, 0.2) is 0 Å². The van der Waals surface area contributed by atoms with Gasteiger partial charge in [0, 0.05) is 40.3 Å². The largest absolute Gasteiger partial charge is 0.347 e. The van der Waals surface area contributed by atoms with Gasteiger partial charge in [-0.25, -0.2) is 12.8 Å². The summed E-state index contributed by atoms with van der Waals surface area (Å²) in [5.74, 6) is -0.468. The number of amides is 1. The summed E-state index contributed by atoms with van der Waals surface area (Å²) in [6.07, 6.45) is 0. The van der Waals surface area contributed by atoms with Gasteiger partial charge in [-0.2, -0.15) is 4.31 Å². The third-order valence-electron chi connectivity index (χ3n) is 4.07. The average molecular weight is 343 g/mol. The molecule has 1 saturated heterocycles. The summed E-state index contributed by atoms with van der Waals surface area (Å²) in [5.41, 5.74) is 0. The number of piperazine rings is 1. The van der Waals surface area contributed by atoms with E-state index in [1.807, 2.05) is 11.8 Å². The lowest BCUT2D eigenvalue weighted by atomic mass is 10.2. The maximum Gasteiger partial charge on any atom is 0.243 e. The van der Waals surface area contributed by atoms with Crippen LogP contribution in [0.4, 0.5) is 4.39 Å². The van der Waals surface area contributed by atoms with Crippen molar-refractivity contribution in [2.45, 2.75) is 17.9 Å². The average Bonchev–Trinajstić information content (AvgIpc) is 2.54. The van der Waals surface area contributed by atoms with Gasteiger partial charge in [0.1, 0.15) is 5.82 Å². The molecule has 0 bridgehead atoms.